The van der Waals surface area contributed by atoms with Crippen molar-refractivity contribution in [1.29, 1.82) is 5.26 Å². The summed E-state index contributed by atoms with van der Waals surface area (Å²) in [4.78, 5) is 5.79. The van der Waals surface area contributed by atoms with E-state index in [-0.39, 0.29) is 0 Å². The SMILES string of the molecule is N#Cc1c(-n2c3ccccc3c3ccccc32)cc(-c2cc([Si](c3ccccc3)(c3ccccc3)c3ccccc3)cnc2-n2c3ccccc3c3ccccc32)cc1-n1c2ccccc2c2ccccc21. The zero-order chi connectivity index (χ0) is 47.8. The number of hydrogen-bond donors (Lipinski definition) is 0. The highest BCUT2D eigenvalue weighted by Crippen LogP contribution is 2.42. The monoisotopic (exact) mass is 933 g/mol. The lowest BCUT2D eigenvalue weighted by Gasteiger charge is -2.34. The van der Waals surface area contributed by atoms with E-state index in [0.717, 1.165) is 98.9 Å². The minimum absolute atomic E-state index is 0.570. The van der Waals surface area contributed by atoms with E-state index in [0.29, 0.717) is 5.56 Å². The number of nitriles is 1. The first-order valence-electron chi connectivity index (χ1n) is 24.4. The Morgan fingerprint density at radius 3 is 0.972 bits per heavy atom. The molecule has 14 rings (SSSR count). The van der Waals surface area contributed by atoms with Gasteiger partial charge in [0.05, 0.1) is 44.5 Å². The van der Waals surface area contributed by atoms with Crippen molar-refractivity contribution in [3.05, 3.63) is 267 Å². The van der Waals surface area contributed by atoms with Crippen LogP contribution in [0.15, 0.2) is 261 Å². The van der Waals surface area contributed by atoms with E-state index < -0.39 is 8.07 Å². The molecule has 0 saturated heterocycles. The van der Waals surface area contributed by atoms with E-state index in [1.54, 1.807) is 0 Å². The highest BCUT2D eigenvalue weighted by atomic mass is 28.3. The highest BCUT2D eigenvalue weighted by Gasteiger charge is 2.42. The van der Waals surface area contributed by atoms with Crippen LogP contribution in [0.25, 0.3) is 93.7 Å². The van der Waals surface area contributed by atoms with Crippen LogP contribution in [0.5, 0.6) is 0 Å². The summed E-state index contributed by atoms with van der Waals surface area (Å²) in [5, 5.41) is 23.6. The molecular weight excluding hydrogens is 891 g/mol. The molecule has 0 N–H and O–H groups in total. The van der Waals surface area contributed by atoms with Crippen molar-refractivity contribution in [2.45, 2.75) is 0 Å². The second-order valence-electron chi connectivity index (χ2n) is 18.6. The summed E-state index contributed by atoms with van der Waals surface area (Å²) in [5.41, 5.74) is 10.3. The summed E-state index contributed by atoms with van der Waals surface area (Å²) in [6.45, 7) is 0. The quantitative estimate of drug-likeness (QED) is 0.113. The number of para-hydroxylation sites is 6. The van der Waals surface area contributed by atoms with Gasteiger partial charge in [-0.2, -0.15) is 5.26 Å². The third-order valence-corrected chi connectivity index (χ3v) is 19.6. The van der Waals surface area contributed by atoms with E-state index in [4.69, 9.17) is 4.98 Å². The maximum atomic E-state index is 11.8. The van der Waals surface area contributed by atoms with Crippen LogP contribution < -0.4 is 20.7 Å². The number of fused-ring (bicyclic) bond motifs is 9. The first kappa shape index (κ1) is 41.4. The van der Waals surface area contributed by atoms with Gasteiger partial charge in [0.1, 0.15) is 17.5 Å². The molecule has 4 aromatic heterocycles. The van der Waals surface area contributed by atoms with Crippen LogP contribution >= 0.6 is 0 Å². The smallest absolute Gasteiger partial charge is 0.181 e. The van der Waals surface area contributed by atoms with Crippen molar-refractivity contribution in [3.8, 4) is 34.4 Å². The normalized spacial score (nSPS) is 11.9. The van der Waals surface area contributed by atoms with Gasteiger partial charge in [0.25, 0.3) is 0 Å². The number of rotatable bonds is 8. The van der Waals surface area contributed by atoms with Gasteiger partial charge in [-0.3, -0.25) is 4.57 Å². The number of pyridine rings is 1. The molecule has 0 amide bonds. The van der Waals surface area contributed by atoms with Gasteiger partial charge in [-0.05, 0) is 80.9 Å². The van der Waals surface area contributed by atoms with Crippen molar-refractivity contribution in [3.63, 3.8) is 0 Å². The van der Waals surface area contributed by atoms with Crippen LogP contribution in [0.4, 0.5) is 0 Å². The number of nitrogens with zero attached hydrogens (tertiary/aromatic N) is 5. The molecule has 0 fully saturated rings. The molecule has 6 heteroatoms. The molecular formula is C66H43N5Si. The molecule has 0 atom stereocenters. The number of hydrogen-bond acceptors (Lipinski definition) is 2. The number of aromatic nitrogens is 4. The standard InChI is InChI=1S/C66H43N5Si/c67-43-57-64(69-58-34-16-10-28-50(58)51-29-11-17-35-59(51)69)40-45(41-65(57)70-60-36-18-12-30-52(60)53-31-13-19-37-61(53)70)56-42-49(44-68-66(56)71-62-38-20-14-32-54(62)55-33-15-21-39-63(55)71)72(46-22-4-1-5-23-46,47-24-6-2-7-25-47)48-26-8-3-9-27-48/h1-42,44H. The Balaban J connectivity index is 1.19. The van der Waals surface area contributed by atoms with Crippen LogP contribution in [0.3, 0.4) is 0 Å². The average molecular weight is 934 g/mol. The molecule has 4 heterocycles. The van der Waals surface area contributed by atoms with Crippen molar-refractivity contribution >= 4 is 94.2 Å². The summed E-state index contributed by atoms with van der Waals surface area (Å²) in [6.07, 6.45) is 2.16. The third kappa shape index (κ3) is 6.08. The summed E-state index contributed by atoms with van der Waals surface area (Å²) in [7, 11) is -3.11. The Morgan fingerprint density at radius 1 is 0.333 bits per heavy atom. The topological polar surface area (TPSA) is 51.5 Å². The molecule has 0 aliphatic rings. The van der Waals surface area contributed by atoms with Gasteiger partial charge in [-0.25, -0.2) is 4.98 Å². The lowest BCUT2D eigenvalue weighted by atomic mass is 10.00. The molecule has 0 saturated carbocycles. The van der Waals surface area contributed by atoms with Gasteiger partial charge in [0.15, 0.2) is 8.07 Å². The molecule has 0 spiro atoms. The van der Waals surface area contributed by atoms with Crippen LogP contribution in [0.1, 0.15) is 5.56 Å². The zero-order valence-electron chi connectivity index (χ0n) is 39.1. The van der Waals surface area contributed by atoms with Gasteiger partial charge < -0.3 is 9.13 Å². The summed E-state index contributed by atoms with van der Waals surface area (Å²) >= 11 is 0. The second kappa shape index (κ2) is 16.6. The Morgan fingerprint density at radius 2 is 0.639 bits per heavy atom. The lowest BCUT2D eigenvalue weighted by Crippen LogP contribution is -2.74. The van der Waals surface area contributed by atoms with Crippen molar-refractivity contribution < 1.29 is 0 Å². The minimum Gasteiger partial charge on any atom is -0.308 e. The van der Waals surface area contributed by atoms with Gasteiger partial charge in [-0.15, -0.1) is 0 Å². The first-order valence-corrected chi connectivity index (χ1v) is 26.4. The molecule has 0 aliphatic carbocycles. The molecule has 14 aromatic rings. The molecule has 0 unspecified atom stereocenters. The Hall–Kier alpha value is -9.54. The third-order valence-electron chi connectivity index (χ3n) is 14.9. The zero-order valence-corrected chi connectivity index (χ0v) is 40.1. The lowest BCUT2D eigenvalue weighted by molar-refractivity contribution is 1.08. The fraction of sp³-hybridized carbons (Fsp3) is 0. The predicted octanol–water partition coefficient (Wildman–Crippen LogP) is 13.3. The largest absolute Gasteiger partial charge is 0.308 e. The molecule has 10 aromatic carbocycles. The summed E-state index contributed by atoms with van der Waals surface area (Å²) < 4.78 is 6.95. The van der Waals surface area contributed by atoms with E-state index in [2.05, 4.69) is 281 Å². The molecule has 0 bridgehead atoms. The highest BCUT2D eigenvalue weighted by molar-refractivity contribution is 7.19. The molecule has 0 aliphatic heterocycles. The van der Waals surface area contributed by atoms with Gasteiger partial charge in [0, 0.05) is 44.1 Å². The van der Waals surface area contributed by atoms with E-state index in [1.165, 1.54) is 15.6 Å². The Bertz CT molecular complexity index is 4070. The molecule has 72 heavy (non-hydrogen) atoms. The Kier molecular flexibility index (Phi) is 9.53. The van der Waals surface area contributed by atoms with Gasteiger partial charge in [0.2, 0.25) is 0 Å². The molecule has 336 valence electrons. The van der Waals surface area contributed by atoms with Crippen LogP contribution in [-0.4, -0.2) is 26.8 Å². The van der Waals surface area contributed by atoms with Gasteiger partial charge in [-0.1, -0.05) is 200 Å². The van der Waals surface area contributed by atoms with Crippen molar-refractivity contribution in [2.24, 2.45) is 0 Å². The van der Waals surface area contributed by atoms with Crippen molar-refractivity contribution in [2.75, 3.05) is 0 Å². The maximum absolute atomic E-state index is 11.8. The fourth-order valence-corrected chi connectivity index (χ4v) is 16.6. The summed E-state index contributed by atoms with van der Waals surface area (Å²) in [6, 6.07) is 94.4. The maximum Gasteiger partial charge on any atom is 0.181 e. The van der Waals surface area contributed by atoms with E-state index >= 15 is 0 Å². The predicted molar refractivity (Wildman–Crippen MR) is 301 cm³/mol. The van der Waals surface area contributed by atoms with Crippen LogP contribution in [0.2, 0.25) is 0 Å². The molecule has 5 nitrogen and oxygen atoms in total. The van der Waals surface area contributed by atoms with E-state index in [1.807, 2.05) is 0 Å². The molecule has 0 radical (unpaired) electrons. The van der Waals surface area contributed by atoms with Crippen LogP contribution in [0, 0.1) is 11.3 Å². The summed E-state index contributed by atoms with van der Waals surface area (Å²) in [5.74, 6) is 0.805. The second-order valence-corrected chi connectivity index (χ2v) is 22.4. The van der Waals surface area contributed by atoms with Crippen molar-refractivity contribution in [1.82, 2.24) is 18.7 Å². The van der Waals surface area contributed by atoms with Crippen LogP contribution in [-0.2, 0) is 0 Å². The van der Waals surface area contributed by atoms with E-state index in [9.17, 15) is 5.26 Å². The number of benzene rings is 10. The van der Waals surface area contributed by atoms with Gasteiger partial charge >= 0.3 is 0 Å². The fourth-order valence-electron chi connectivity index (χ4n) is 11.9. The Labute approximate surface area is 417 Å². The minimum atomic E-state index is -3.11. The first-order chi connectivity index (χ1) is 35.7. The average Bonchev–Trinajstić information content (AvgIpc) is 4.10.